The van der Waals surface area contributed by atoms with Crippen LogP contribution in [-0.2, 0) is 14.4 Å². The van der Waals surface area contributed by atoms with Crippen molar-refractivity contribution in [1.82, 2.24) is 9.96 Å². The van der Waals surface area contributed by atoms with Gasteiger partial charge in [-0.15, -0.1) is 0 Å². The molecule has 98 valence electrons. The number of ether oxygens (including phenoxy) is 1. The van der Waals surface area contributed by atoms with Gasteiger partial charge >= 0.3 is 0 Å². The summed E-state index contributed by atoms with van der Waals surface area (Å²) in [6, 6.07) is 0. The van der Waals surface area contributed by atoms with Crippen LogP contribution in [0.25, 0.3) is 0 Å². The van der Waals surface area contributed by atoms with Crippen molar-refractivity contribution in [1.29, 1.82) is 0 Å². The molecule has 17 heavy (non-hydrogen) atoms. The molecule has 0 N–H and O–H groups in total. The number of hydrogen-bond donors (Lipinski definition) is 0. The van der Waals surface area contributed by atoms with Crippen molar-refractivity contribution < 1.29 is 14.4 Å². The van der Waals surface area contributed by atoms with Crippen LogP contribution >= 0.6 is 0 Å². The maximum absolute atomic E-state index is 12.1. The average molecular weight is 242 g/mol. The quantitative estimate of drug-likeness (QED) is 0.667. The van der Waals surface area contributed by atoms with Gasteiger partial charge in [0, 0.05) is 20.1 Å². The van der Waals surface area contributed by atoms with Crippen molar-refractivity contribution in [2.75, 3.05) is 34.3 Å². The highest BCUT2D eigenvalue weighted by atomic mass is 16.7. The number of amides is 1. The summed E-state index contributed by atoms with van der Waals surface area (Å²) in [6.07, 6.45) is 4.15. The van der Waals surface area contributed by atoms with Crippen molar-refractivity contribution in [2.24, 2.45) is 0 Å². The van der Waals surface area contributed by atoms with Gasteiger partial charge in [0.1, 0.15) is 0 Å². The Morgan fingerprint density at radius 2 is 2.12 bits per heavy atom. The van der Waals surface area contributed by atoms with Crippen molar-refractivity contribution >= 4 is 5.91 Å². The second-order valence-electron chi connectivity index (χ2n) is 5.21. The fraction of sp³-hybridized carbons (Fsp3) is 0.917. The minimum atomic E-state index is -0.392. The van der Waals surface area contributed by atoms with Crippen molar-refractivity contribution in [3.8, 4) is 0 Å². The fourth-order valence-electron chi connectivity index (χ4n) is 2.93. The Kier molecular flexibility index (Phi) is 3.70. The Morgan fingerprint density at radius 1 is 1.47 bits per heavy atom. The van der Waals surface area contributed by atoms with E-state index in [1.807, 2.05) is 0 Å². The van der Waals surface area contributed by atoms with Gasteiger partial charge in [0.25, 0.3) is 5.91 Å². The Labute approximate surface area is 103 Å². The number of hydrogen-bond acceptors (Lipinski definition) is 4. The standard InChI is InChI=1S/C12H22N2O3/c1-13-8-10(11(15)14(2)16-3)17-12(9-13)6-4-5-7-12/h10H,4-9H2,1-3H3/t10-/m1/s1. The van der Waals surface area contributed by atoms with E-state index in [0.717, 1.165) is 19.4 Å². The number of morpholine rings is 1. The summed E-state index contributed by atoms with van der Waals surface area (Å²) in [7, 11) is 5.17. The predicted octanol–water partition coefficient (Wildman–Crippen LogP) is 0.650. The highest BCUT2D eigenvalue weighted by molar-refractivity contribution is 5.80. The molecule has 0 unspecified atom stereocenters. The second-order valence-corrected chi connectivity index (χ2v) is 5.21. The monoisotopic (exact) mass is 242 g/mol. The Hall–Kier alpha value is -0.650. The van der Waals surface area contributed by atoms with E-state index in [4.69, 9.17) is 9.57 Å². The first-order valence-electron chi connectivity index (χ1n) is 6.24. The van der Waals surface area contributed by atoms with Crippen LogP contribution in [-0.4, -0.2) is 61.9 Å². The summed E-state index contributed by atoms with van der Waals surface area (Å²) < 4.78 is 6.08. The third-order valence-corrected chi connectivity index (χ3v) is 3.80. The normalized spacial score (nSPS) is 28.5. The smallest absolute Gasteiger partial charge is 0.276 e. The van der Waals surface area contributed by atoms with E-state index in [2.05, 4.69) is 11.9 Å². The van der Waals surface area contributed by atoms with Gasteiger partial charge in [0.2, 0.25) is 0 Å². The van der Waals surface area contributed by atoms with E-state index in [9.17, 15) is 4.79 Å². The first-order chi connectivity index (χ1) is 8.06. The number of nitrogens with zero attached hydrogens (tertiary/aromatic N) is 2. The van der Waals surface area contributed by atoms with Gasteiger partial charge in [-0.2, -0.15) is 0 Å². The van der Waals surface area contributed by atoms with Crippen LogP contribution in [0.5, 0.6) is 0 Å². The molecule has 1 aliphatic carbocycles. The number of rotatable bonds is 2. The minimum Gasteiger partial charge on any atom is -0.359 e. The summed E-state index contributed by atoms with van der Waals surface area (Å²) in [5.41, 5.74) is -0.0953. The van der Waals surface area contributed by atoms with E-state index in [0.29, 0.717) is 6.54 Å². The van der Waals surface area contributed by atoms with Gasteiger partial charge in [-0.1, -0.05) is 12.8 Å². The fourth-order valence-corrected chi connectivity index (χ4v) is 2.93. The largest absolute Gasteiger partial charge is 0.359 e. The first-order valence-corrected chi connectivity index (χ1v) is 6.24. The minimum absolute atomic E-state index is 0.0923. The lowest BCUT2D eigenvalue weighted by Gasteiger charge is -2.43. The molecule has 1 saturated heterocycles. The van der Waals surface area contributed by atoms with Gasteiger partial charge in [-0.3, -0.25) is 9.63 Å². The molecule has 5 heteroatoms. The van der Waals surface area contributed by atoms with Crippen molar-refractivity contribution in [3.63, 3.8) is 0 Å². The van der Waals surface area contributed by atoms with Gasteiger partial charge in [0.05, 0.1) is 12.7 Å². The summed E-state index contributed by atoms with van der Waals surface area (Å²) in [4.78, 5) is 19.2. The van der Waals surface area contributed by atoms with Crippen LogP contribution in [0, 0.1) is 0 Å². The summed E-state index contributed by atoms with van der Waals surface area (Å²) >= 11 is 0. The zero-order valence-electron chi connectivity index (χ0n) is 10.9. The van der Waals surface area contributed by atoms with E-state index < -0.39 is 6.10 Å². The van der Waals surface area contributed by atoms with Gasteiger partial charge < -0.3 is 9.64 Å². The maximum atomic E-state index is 12.1. The van der Waals surface area contributed by atoms with Crippen LogP contribution in [0.2, 0.25) is 0 Å². The molecule has 2 rings (SSSR count). The van der Waals surface area contributed by atoms with Crippen LogP contribution in [0.1, 0.15) is 25.7 Å². The molecule has 5 nitrogen and oxygen atoms in total. The number of carbonyl (C=O) groups is 1. The molecule has 1 heterocycles. The molecule has 1 aliphatic heterocycles. The van der Waals surface area contributed by atoms with Crippen LogP contribution in [0.15, 0.2) is 0 Å². The summed E-state index contributed by atoms with van der Waals surface area (Å²) in [5.74, 6) is -0.0923. The molecular weight excluding hydrogens is 220 g/mol. The van der Waals surface area contributed by atoms with Gasteiger partial charge in [-0.25, -0.2) is 5.06 Å². The highest BCUT2D eigenvalue weighted by Gasteiger charge is 2.44. The van der Waals surface area contributed by atoms with Crippen LogP contribution in [0.4, 0.5) is 0 Å². The number of likely N-dealkylation sites (N-methyl/N-ethyl adjacent to an activating group) is 2. The van der Waals surface area contributed by atoms with E-state index in [1.165, 1.54) is 25.0 Å². The topological polar surface area (TPSA) is 42.0 Å². The Balaban J connectivity index is 2.06. The SMILES string of the molecule is CON(C)C(=O)[C@H]1CN(C)CC2(CCCC2)O1. The molecule has 1 saturated carbocycles. The lowest BCUT2D eigenvalue weighted by Crippen LogP contribution is -2.57. The predicted molar refractivity (Wildman–Crippen MR) is 63.3 cm³/mol. The van der Waals surface area contributed by atoms with Crippen LogP contribution in [0.3, 0.4) is 0 Å². The molecule has 1 amide bonds. The number of carbonyl (C=O) groups excluding carboxylic acids is 1. The van der Waals surface area contributed by atoms with E-state index in [1.54, 1.807) is 7.05 Å². The third-order valence-electron chi connectivity index (χ3n) is 3.80. The Bertz CT molecular complexity index is 289. The highest BCUT2D eigenvalue weighted by Crippen LogP contribution is 2.37. The third kappa shape index (κ3) is 2.61. The van der Waals surface area contributed by atoms with E-state index >= 15 is 0 Å². The van der Waals surface area contributed by atoms with Crippen LogP contribution < -0.4 is 0 Å². The van der Waals surface area contributed by atoms with E-state index in [-0.39, 0.29) is 11.5 Å². The molecule has 0 bridgehead atoms. The lowest BCUT2D eigenvalue weighted by atomic mass is 9.98. The lowest BCUT2D eigenvalue weighted by molar-refractivity contribution is -0.203. The number of hydroxylamine groups is 2. The maximum Gasteiger partial charge on any atom is 0.276 e. The zero-order valence-corrected chi connectivity index (χ0v) is 10.9. The first kappa shape index (κ1) is 12.8. The second kappa shape index (κ2) is 4.92. The average Bonchev–Trinajstić information content (AvgIpc) is 2.73. The van der Waals surface area contributed by atoms with Gasteiger partial charge in [0.15, 0.2) is 6.10 Å². The molecule has 0 aromatic carbocycles. The molecule has 2 fully saturated rings. The van der Waals surface area contributed by atoms with Crippen molar-refractivity contribution in [2.45, 2.75) is 37.4 Å². The van der Waals surface area contributed by atoms with Gasteiger partial charge in [-0.05, 0) is 19.9 Å². The summed E-state index contributed by atoms with van der Waals surface area (Å²) in [6.45, 7) is 1.59. The summed E-state index contributed by atoms with van der Waals surface area (Å²) in [5, 5.41) is 1.26. The molecule has 0 radical (unpaired) electrons. The molecular formula is C12H22N2O3. The Morgan fingerprint density at radius 3 is 2.71 bits per heavy atom. The van der Waals surface area contributed by atoms with Crippen molar-refractivity contribution in [3.05, 3.63) is 0 Å². The molecule has 2 aliphatic rings. The zero-order chi connectivity index (χ0) is 12.5. The molecule has 1 spiro atoms. The molecule has 0 aromatic heterocycles. The molecule has 0 aromatic rings. The molecule has 1 atom stereocenters.